The molecule has 1 heterocycles. The van der Waals surface area contributed by atoms with Crippen LogP contribution in [0.5, 0.6) is 0 Å². The van der Waals surface area contributed by atoms with Gasteiger partial charge < -0.3 is 0 Å². The molecule has 0 aromatic carbocycles. The van der Waals surface area contributed by atoms with Crippen LogP contribution in [0.4, 0.5) is 13.2 Å². The predicted octanol–water partition coefficient (Wildman–Crippen LogP) is 4.66. The van der Waals surface area contributed by atoms with Crippen molar-refractivity contribution in [3.63, 3.8) is 0 Å². The van der Waals surface area contributed by atoms with Gasteiger partial charge in [0.25, 0.3) is 0 Å². The quantitative estimate of drug-likeness (QED) is 0.544. The van der Waals surface area contributed by atoms with Crippen molar-refractivity contribution in [2.24, 2.45) is 0 Å². The number of hydrogen-bond donors (Lipinski definition) is 0. The Labute approximate surface area is 105 Å². The maximum Gasteiger partial charge on any atom is 0.390 e. The van der Waals surface area contributed by atoms with Crippen molar-refractivity contribution >= 4 is 19.4 Å². The fraction of sp³-hybridized carbons (Fsp3) is 0.500. The average molecular weight is 276 g/mol. The molecule has 1 atom stereocenters. The SMILES string of the molecule is C[Si](C)(C)C#C[C@H](CC(F)(F)F)c1cccs1. The Hall–Kier alpha value is -0.733. The summed E-state index contributed by atoms with van der Waals surface area (Å²) in [7, 11) is -1.63. The zero-order valence-electron chi connectivity index (χ0n) is 10.1. The van der Waals surface area contributed by atoms with E-state index >= 15 is 0 Å². The van der Waals surface area contributed by atoms with Crippen molar-refractivity contribution < 1.29 is 13.2 Å². The van der Waals surface area contributed by atoms with Gasteiger partial charge in [-0.05, 0) is 11.4 Å². The van der Waals surface area contributed by atoms with Crippen LogP contribution in [0.3, 0.4) is 0 Å². The van der Waals surface area contributed by atoms with Crippen LogP contribution in [0.2, 0.25) is 19.6 Å². The monoisotopic (exact) mass is 276 g/mol. The molecule has 0 bridgehead atoms. The molecule has 0 spiro atoms. The number of thiophene rings is 1. The Kier molecular flexibility index (Phi) is 4.45. The minimum Gasteiger partial charge on any atom is -0.171 e. The normalized spacial score (nSPS) is 14.0. The van der Waals surface area contributed by atoms with Gasteiger partial charge in [-0.25, -0.2) is 0 Å². The molecule has 0 nitrogen and oxygen atoms in total. The third kappa shape index (κ3) is 5.94. The molecule has 0 amide bonds. The smallest absolute Gasteiger partial charge is 0.171 e. The van der Waals surface area contributed by atoms with Gasteiger partial charge in [-0.1, -0.05) is 25.7 Å². The van der Waals surface area contributed by atoms with Gasteiger partial charge in [-0.2, -0.15) is 13.2 Å². The van der Waals surface area contributed by atoms with Crippen LogP contribution in [0.1, 0.15) is 17.2 Å². The topological polar surface area (TPSA) is 0 Å². The Morgan fingerprint density at radius 3 is 2.41 bits per heavy atom. The second-order valence-electron chi connectivity index (χ2n) is 4.91. The second-order valence-corrected chi connectivity index (χ2v) is 10.6. The lowest BCUT2D eigenvalue weighted by Gasteiger charge is -2.13. The van der Waals surface area contributed by atoms with Crippen molar-refractivity contribution in [3.05, 3.63) is 22.4 Å². The van der Waals surface area contributed by atoms with Crippen molar-refractivity contribution in [1.29, 1.82) is 0 Å². The maximum absolute atomic E-state index is 12.5. The van der Waals surface area contributed by atoms with Crippen LogP contribution in [-0.4, -0.2) is 14.3 Å². The van der Waals surface area contributed by atoms with Gasteiger partial charge in [0.2, 0.25) is 0 Å². The highest BCUT2D eigenvalue weighted by Gasteiger charge is 2.32. The van der Waals surface area contributed by atoms with E-state index in [1.165, 1.54) is 11.3 Å². The minimum absolute atomic E-state index is 0.702. The molecule has 17 heavy (non-hydrogen) atoms. The van der Waals surface area contributed by atoms with E-state index in [1.807, 2.05) is 19.6 Å². The number of alkyl halides is 3. The lowest BCUT2D eigenvalue weighted by Crippen LogP contribution is -2.18. The Morgan fingerprint density at radius 1 is 1.35 bits per heavy atom. The number of hydrogen-bond acceptors (Lipinski definition) is 1. The van der Waals surface area contributed by atoms with Gasteiger partial charge in [0.15, 0.2) is 0 Å². The molecule has 0 aliphatic carbocycles. The standard InChI is InChI=1S/C12H15F3SSi/c1-17(2,3)8-6-10(9-12(13,14)15)11-5-4-7-16-11/h4-5,7,10H,9H2,1-3H3/t10-/m1/s1. The molecule has 0 fully saturated rings. The van der Waals surface area contributed by atoms with E-state index in [4.69, 9.17) is 0 Å². The molecule has 0 N–H and O–H groups in total. The lowest BCUT2D eigenvalue weighted by molar-refractivity contribution is -0.135. The summed E-state index contributed by atoms with van der Waals surface area (Å²) in [5.41, 5.74) is 3.03. The zero-order chi connectivity index (χ0) is 13.1. The first-order chi connectivity index (χ1) is 7.67. The molecule has 1 aromatic rings. The molecule has 94 valence electrons. The van der Waals surface area contributed by atoms with Gasteiger partial charge >= 0.3 is 6.18 Å². The molecular weight excluding hydrogens is 261 g/mol. The Morgan fingerprint density at radius 2 is 2.00 bits per heavy atom. The van der Waals surface area contributed by atoms with Gasteiger partial charge in [0.1, 0.15) is 8.07 Å². The summed E-state index contributed by atoms with van der Waals surface area (Å²) in [6, 6.07) is 3.49. The van der Waals surface area contributed by atoms with E-state index in [2.05, 4.69) is 11.5 Å². The zero-order valence-corrected chi connectivity index (χ0v) is 11.9. The van der Waals surface area contributed by atoms with Gasteiger partial charge in [-0.15, -0.1) is 22.8 Å². The van der Waals surface area contributed by atoms with Gasteiger partial charge in [0.05, 0.1) is 12.3 Å². The Bertz CT molecular complexity index is 404. The molecule has 0 saturated carbocycles. The molecule has 1 aromatic heterocycles. The number of halogens is 3. The van der Waals surface area contributed by atoms with Crippen LogP contribution >= 0.6 is 11.3 Å². The van der Waals surface area contributed by atoms with Crippen molar-refractivity contribution in [3.8, 4) is 11.5 Å². The highest BCUT2D eigenvalue weighted by atomic mass is 32.1. The van der Waals surface area contributed by atoms with E-state index in [0.717, 1.165) is 0 Å². The van der Waals surface area contributed by atoms with Crippen molar-refractivity contribution in [1.82, 2.24) is 0 Å². The van der Waals surface area contributed by atoms with Crippen LogP contribution in [-0.2, 0) is 0 Å². The third-order valence-electron chi connectivity index (χ3n) is 1.94. The minimum atomic E-state index is -4.16. The van der Waals surface area contributed by atoms with Gasteiger partial charge in [0, 0.05) is 4.88 Å². The summed E-state index contributed by atoms with van der Waals surface area (Å²) < 4.78 is 37.4. The summed E-state index contributed by atoms with van der Waals surface area (Å²) >= 11 is 1.34. The van der Waals surface area contributed by atoms with Crippen molar-refractivity contribution in [2.45, 2.75) is 38.2 Å². The van der Waals surface area contributed by atoms with E-state index in [-0.39, 0.29) is 0 Å². The van der Waals surface area contributed by atoms with Crippen LogP contribution < -0.4 is 0 Å². The number of rotatable bonds is 2. The molecule has 0 aliphatic rings. The van der Waals surface area contributed by atoms with Crippen LogP contribution in [0, 0.1) is 11.5 Å². The molecule has 0 radical (unpaired) electrons. The van der Waals surface area contributed by atoms with E-state index < -0.39 is 26.6 Å². The first-order valence-corrected chi connectivity index (χ1v) is 9.68. The molecule has 5 heteroatoms. The van der Waals surface area contributed by atoms with E-state index in [1.54, 1.807) is 17.5 Å². The second kappa shape index (κ2) is 5.28. The highest BCUT2D eigenvalue weighted by molar-refractivity contribution is 7.10. The largest absolute Gasteiger partial charge is 0.390 e. The molecule has 1 rings (SSSR count). The van der Waals surface area contributed by atoms with E-state index in [0.29, 0.717) is 4.88 Å². The lowest BCUT2D eigenvalue weighted by atomic mass is 10.0. The first kappa shape index (κ1) is 14.3. The first-order valence-electron chi connectivity index (χ1n) is 5.30. The summed E-state index contributed by atoms with van der Waals surface area (Å²) in [5, 5.41) is 1.79. The summed E-state index contributed by atoms with van der Waals surface area (Å²) in [5.74, 6) is 2.11. The maximum atomic E-state index is 12.5. The third-order valence-corrected chi connectivity index (χ3v) is 3.82. The Balaban J connectivity index is 2.91. The summed E-state index contributed by atoms with van der Waals surface area (Å²) in [6.45, 7) is 6.08. The summed E-state index contributed by atoms with van der Waals surface area (Å²) in [4.78, 5) is 0.702. The van der Waals surface area contributed by atoms with Crippen molar-refractivity contribution in [2.75, 3.05) is 0 Å². The summed E-state index contributed by atoms with van der Waals surface area (Å²) in [6.07, 6.45) is -5.02. The molecule has 0 saturated heterocycles. The van der Waals surface area contributed by atoms with Crippen LogP contribution in [0.15, 0.2) is 17.5 Å². The average Bonchev–Trinajstić information content (AvgIpc) is 2.61. The predicted molar refractivity (Wildman–Crippen MR) is 68.9 cm³/mol. The van der Waals surface area contributed by atoms with E-state index in [9.17, 15) is 13.2 Å². The molecular formula is C12H15F3SSi. The molecule has 0 unspecified atom stereocenters. The molecule has 0 aliphatic heterocycles. The van der Waals surface area contributed by atoms with Crippen LogP contribution in [0.25, 0.3) is 0 Å². The fourth-order valence-corrected chi connectivity index (χ4v) is 2.63. The fourth-order valence-electron chi connectivity index (χ4n) is 1.25. The van der Waals surface area contributed by atoms with Gasteiger partial charge in [-0.3, -0.25) is 0 Å². The highest BCUT2D eigenvalue weighted by Crippen LogP contribution is 2.32.